The van der Waals surface area contributed by atoms with Crippen molar-refractivity contribution in [1.82, 2.24) is 0 Å². The van der Waals surface area contributed by atoms with Gasteiger partial charge in [0.15, 0.2) is 5.96 Å². The van der Waals surface area contributed by atoms with Gasteiger partial charge < -0.3 is 10.6 Å². The number of halogens is 1. The van der Waals surface area contributed by atoms with E-state index < -0.39 is 0 Å². The number of rotatable bonds is 2. The molecule has 1 atom stereocenters. The summed E-state index contributed by atoms with van der Waals surface area (Å²) in [4.78, 5) is 6.47. The SMILES string of the molecule is Cc1ccc(N2C(N)=NCC2c2ccc(C)c(Cl)c2)cc1. The third-order valence-corrected chi connectivity index (χ3v) is 4.28. The van der Waals surface area contributed by atoms with Crippen molar-refractivity contribution in [3.63, 3.8) is 0 Å². The Morgan fingerprint density at radius 3 is 2.52 bits per heavy atom. The highest BCUT2D eigenvalue weighted by atomic mass is 35.5. The minimum Gasteiger partial charge on any atom is -0.369 e. The second kappa shape index (κ2) is 5.41. The average Bonchev–Trinajstić information content (AvgIpc) is 2.85. The molecule has 0 bridgehead atoms. The van der Waals surface area contributed by atoms with E-state index >= 15 is 0 Å². The molecule has 0 saturated heterocycles. The molecule has 0 amide bonds. The lowest BCUT2D eigenvalue weighted by Gasteiger charge is -2.27. The molecule has 0 radical (unpaired) electrons. The smallest absolute Gasteiger partial charge is 0.196 e. The predicted molar refractivity (Wildman–Crippen MR) is 89.1 cm³/mol. The van der Waals surface area contributed by atoms with Gasteiger partial charge in [-0.2, -0.15) is 0 Å². The van der Waals surface area contributed by atoms with E-state index in [-0.39, 0.29) is 6.04 Å². The molecule has 1 aliphatic heterocycles. The topological polar surface area (TPSA) is 41.6 Å². The van der Waals surface area contributed by atoms with Crippen molar-refractivity contribution in [2.24, 2.45) is 10.7 Å². The van der Waals surface area contributed by atoms with Gasteiger partial charge >= 0.3 is 0 Å². The van der Waals surface area contributed by atoms with Gasteiger partial charge in [0, 0.05) is 10.7 Å². The van der Waals surface area contributed by atoms with E-state index in [0.717, 1.165) is 21.8 Å². The summed E-state index contributed by atoms with van der Waals surface area (Å²) in [6.07, 6.45) is 0. The number of aryl methyl sites for hydroxylation is 2. The Kier molecular flexibility index (Phi) is 3.60. The molecule has 2 N–H and O–H groups in total. The Bertz CT molecular complexity index is 692. The van der Waals surface area contributed by atoms with Crippen LogP contribution in [0.5, 0.6) is 0 Å². The lowest BCUT2D eigenvalue weighted by atomic mass is 10.0. The molecule has 0 spiro atoms. The van der Waals surface area contributed by atoms with Crippen molar-refractivity contribution in [1.29, 1.82) is 0 Å². The number of hydrogen-bond acceptors (Lipinski definition) is 3. The second-order valence-electron chi connectivity index (χ2n) is 5.43. The molecule has 0 fully saturated rings. The first-order valence-electron chi connectivity index (χ1n) is 6.98. The first kappa shape index (κ1) is 14.0. The van der Waals surface area contributed by atoms with Crippen LogP contribution in [0.2, 0.25) is 5.02 Å². The molecule has 1 heterocycles. The van der Waals surface area contributed by atoms with Crippen LogP contribution in [0.4, 0.5) is 5.69 Å². The molecule has 0 aromatic heterocycles. The van der Waals surface area contributed by atoms with Gasteiger partial charge in [0.1, 0.15) is 0 Å². The molecule has 21 heavy (non-hydrogen) atoms. The van der Waals surface area contributed by atoms with Crippen LogP contribution in [0.15, 0.2) is 47.5 Å². The van der Waals surface area contributed by atoms with Crippen LogP contribution in [0.1, 0.15) is 22.7 Å². The minimum atomic E-state index is 0.103. The zero-order valence-corrected chi connectivity index (χ0v) is 12.9. The summed E-state index contributed by atoms with van der Waals surface area (Å²) in [7, 11) is 0. The molecular formula is C17H18ClN3. The maximum Gasteiger partial charge on any atom is 0.196 e. The van der Waals surface area contributed by atoms with E-state index in [0.29, 0.717) is 12.5 Å². The van der Waals surface area contributed by atoms with Crippen molar-refractivity contribution in [2.45, 2.75) is 19.9 Å². The number of hydrogen-bond donors (Lipinski definition) is 1. The predicted octanol–water partition coefficient (Wildman–Crippen LogP) is 3.83. The summed E-state index contributed by atoms with van der Waals surface area (Å²) in [5, 5.41) is 0.779. The Balaban J connectivity index is 1.98. The van der Waals surface area contributed by atoms with Crippen molar-refractivity contribution >= 4 is 23.2 Å². The monoisotopic (exact) mass is 299 g/mol. The molecule has 4 heteroatoms. The van der Waals surface area contributed by atoms with Gasteiger partial charge in [-0.05, 0) is 43.2 Å². The molecule has 2 aromatic rings. The van der Waals surface area contributed by atoms with E-state index in [1.807, 2.05) is 19.1 Å². The normalized spacial score (nSPS) is 18.0. The number of nitrogens with zero attached hydrogens (tertiary/aromatic N) is 2. The van der Waals surface area contributed by atoms with Crippen LogP contribution in [0.3, 0.4) is 0 Å². The molecule has 1 aliphatic rings. The maximum absolute atomic E-state index is 6.26. The molecule has 3 rings (SSSR count). The fraction of sp³-hybridized carbons (Fsp3) is 0.235. The Hall–Kier alpha value is -2.00. The van der Waals surface area contributed by atoms with Crippen molar-refractivity contribution < 1.29 is 0 Å². The zero-order valence-electron chi connectivity index (χ0n) is 12.2. The first-order chi connectivity index (χ1) is 10.1. The molecule has 2 aromatic carbocycles. The zero-order chi connectivity index (χ0) is 15.0. The lowest BCUT2D eigenvalue weighted by Crippen LogP contribution is -2.36. The van der Waals surface area contributed by atoms with Crippen LogP contribution in [-0.2, 0) is 0 Å². The van der Waals surface area contributed by atoms with Gasteiger partial charge in [0.25, 0.3) is 0 Å². The van der Waals surface area contributed by atoms with Crippen molar-refractivity contribution in [3.05, 3.63) is 64.2 Å². The highest BCUT2D eigenvalue weighted by molar-refractivity contribution is 6.31. The van der Waals surface area contributed by atoms with Crippen LogP contribution < -0.4 is 10.6 Å². The number of guanidine groups is 1. The summed E-state index contributed by atoms with van der Waals surface area (Å²) in [6, 6.07) is 14.6. The van der Waals surface area contributed by atoms with Crippen LogP contribution in [0.25, 0.3) is 0 Å². The largest absolute Gasteiger partial charge is 0.369 e. The highest BCUT2D eigenvalue weighted by Crippen LogP contribution is 2.32. The van der Waals surface area contributed by atoms with E-state index in [9.17, 15) is 0 Å². The van der Waals surface area contributed by atoms with Crippen LogP contribution in [0, 0.1) is 13.8 Å². The van der Waals surface area contributed by atoms with Crippen molar-refractivity contribution in [2.75, 3.05) is 11.4 Å². The Labute approximate surface area is 130 Å². The quantitative estimate of drug-likeness (QED) is 0.915. The van der Waals surface area contributed by atoms with Gasteiger partial charge in [-0.25, -0.2) is 0 Å². The fourth-order valence-electron chi connectivity index (χ4n) is 2.59. The molecule has 108 valence electrons. The fourth-order valence-corrected chi connectivity index (χ4v) is 2.77. The van der Waals surface area contributed by atoms with Gasteiger partial charge in [-0.15, -0.1) is 0 Å². The summed E-state index contributed by atoms with van der Waals surface area (Å²) in [5.41, 5.74) is 10.6. The van der Waals surface area contributed by atoms with Crippen molar-refractivity contribution in [3.8, 4) is 0 Å². The molecular weight excluding hydrogens is 282 g/mol. The molecule has 0 saturated carbocycles. The summed E-state index contributed by atoms with van der Waals surface area (Å²) < 4.78 is 0. The third-order valence-electron chi connectivity index (χ3n) is 3.88. The Morgan fingerprint density at radius 1 is 1.14 bits per heavy atom. The second-order valence-corrected chi connectivity index (χ2v) is 5.84. The highest BCUT2D eigenvalue weighted by Gasteiger charge is 2.28. The van der Waals surface area contributed by atoms with Gasteiger partial charge in [0.2, 0.25) is 0 Å². The maximum atomic E-state index is 6.26. The van der Waals surface area contributed by atoms with Gasteiger partial charge in [0.05, 0.1) is 12.6 Å². The molecule has 0 aliphatic carbocycles. The lowest BCUT2D eigenvalue weighted by molar-refractivity contribution is 0.768. The van der Waals surface area contributed by atoms with E-state index in [4.69, 9.17) is 17.3 Å². The van der Waals surface area contributed by atoms with E-state index in [1.165, 1.54) is 5.56 Å². The van der Waals surface area contributed by atoms with Gasteiger partial charge in [-0.3, -0.25) is 4.99 Å². The van der Waals surface area contributed by atoms with Crippen LogP contribution >= 0.6 is 11.6 Å². The van der Waals surface area contributed by atoms with Crippen LogP contribution in [-0.4, -0.2) is 12.5 Å². The summed E-state index contributed by atoms with van der Waals surface area (Å²) in [6.45, 7) is 4.73. The molecule has 1 unspecified atom stereocenters. The standard InChI is InChI=1S/C17H18ClN3/c1-11-3-7-14(8-4-11)21-16(10-20-17(21)19)13-6-5-12(2)15(18)9-13/h3-9,16H,10H2,1-2H3,(H2,19,20). The first-order valence-corrected chi connectivity index (χ1v) is 7.36. The van der Waals surface area contributed by atoms with E-state index in [1.54, 1.807) is 0 Å². The number of nitrogens with two attached hydrogens (primary N) is 1. The number of benzene rings is 2. The summed E-state index contributed by atoms with van der Waals surface area (Å²) in [5.74, 6) is 0.556. The molecule has 3 nitrogen and oxygen atoms in total. The average molecular weight is 300 g/mol. The number of anilines is 1. The minimum absolute atomic E-state index is 0.103. The Morgan fingerprint density at radius 2 is 1.86 bits per heavy atom. The van der Waals surface area contributed by atoms with Gasteiger partial charge in [-0.1, -0.05) is 41.4 Å². The van der Waals surface area contributed by atoms with E-state index in [2.05, 4.69) is 47.1 Å². The number of aliphatic imine (C=N–C) groups is 1. The third kappa shape index (κ3) is 2.61. The summed E-state index contributed by atoms with van der Waals surface area (Å²) >= 11 is 6.26.